The second kappa shape index (κ2) is 11.1. The van der Waals surface area contributed by atoms with Gasteiger partial charge in [0.2, 0.25) is 5.91 Å². The van der Waals surface area contributed by atoms with E-state index in [-0.39, 0.29) is 11.7 Å². The lowest BCUT2D eigenvalue weighted by atomic mass is 10.2. The van der Waals surface area contributed by atoms with E-state index in [1.807, 2.05) is 12.1 Å². The predicted molar refractivity (Wildman–Crippen MR) is 126 cm³/mol. The van der Waals surface area contributed by atoms with Crippen molar-refractivity contribution in [3.8, 4) is 11.4 Å². The third-order valence-corrected chi connectivity index (χ3v) is 6.47. The number of hydrogen-bond donors (Lipinski definition) is 1. The highest BCUT2D eigenvalue weighted by Gasteiger charge is 2.18. The molecule has 0 radical (unpaired) electrons. The predicted octanol–water partition coefficient (Wildman–Crippen LogP) is 3.71. The van der Waals surface area contributed by atoms with E-state index in [1.54, 1.807) is 30.6 Å². The molecule has 1 aliphatic rings. The minimum absolute atomic E-state index is 0.162. The fraction of sp³-hybridized carbons (Fsp3) is 0.333. The SMILES string of the molecule is O=C(CSc1nnc(-c2ccncc2)n1CCN1CCOCC1)Nc1cc(Cl)ccc1Cl. The van der Waals surface area contributed by atoms with Gasteiger partial charge in [-0.15, -0.1) is 10.2 Å². The lowest BCUT2D eigenvalue weighted by Crippen LogP contribution is -2.38. The van der Waals surface area contributed by atoms with Crippen LogP contribution in [-0.4, -0.2) is 69.2 Å². The second-order valence-electron chi connectivity index (χ2n) is 7.11. The second-order valence-corrected chi connectivity index (χ2v) is 8.89. The summed E-state index contributed by atoms with van der Waals surface area (Å²) in [5.74, 6) is 0.711. The first-order valence-electron chi connectivity index (χ1n) is 10.1. The number of pyridine rings is 1. The van der Waals surface area contributed by atoms with E-state index in [1.165, 1.54) is 11.8 Å². The van der Waals surface area contributed by atoms with E-state index in [9.17, 15) is 4.79 Å². The molecule has 3 heterocycles. The Hall–Kier alpha value is -2.17. The van der Waals surface area contributed by atoms with Crippen molar-refractivity contribution in [3.05, 3.63) is 52.8 Å². The summed E-state index contributed by atoms with van der Waals surface area (Å²) in [5.41, 5.74) is 1.41. The Morgan fingerprint density at radius 3 is 2.66 bits per heavy atom. The average Bonchev–Trinajstić information content (AvgIpc) is 3.23. The largest absolute Gasteiger partial charge is 0.379 e. The number of thioether (sulfide) groups is 1. The van der Waals surface area contributed by atoms with Crippen LogP contribution in [0.25, 0.3) is 11.4 Å². The number of amides is 1. The zero-order valence-corrected chi connectivity index (χ0v) is 19.5. The number of nitrogens with zero attached hydrogens (tertiary/aromatic N) is 5. The first-order chi connectivity index (χ1) is 15.6. The Balaban J connectivity index is 1.46. The van der Waals surface area contributed by atoms with Crippen LogP contribution in [0.4, 0.5) is 5.69 Å². The van der Waals surface area contributed by atoms with Gasteiger partial charge in [0.15, 0.2) is 11.0 Å². The number of halogens is 2. The molecule has 1 aromatic carbocycles. The maximum atomic E-state index is 12.5. The van der Waals surface area contributed by atoms with Crippen molar-refractivity contribution < 1.29 is 9.53 Å². The van der Waals surface area contributed by atoms with E-state index in [0.29, 0.717) is 27.4 Å². The zero-order valence-electron chi connectivity index (χ0n) is 17.2. The summed E-state index contributed by atoms with van der Waals surface area (Å²) in [4.78, 5) is 19.0. The monoisotopic (exact) mass is 492 g/mol. The molecule has 3 aromatic rings. The van der Waals surface area contributed by atoms with Crippen LogP contribution in [0.3, 0.4) is 0 Å². The van der Waals surface area contributed by atoms with Gasteiger partial charge in [0.05, 0.1) is 29.7 Å². The average molecular weight is 493 g/mol. The van der Waals surface area contributed by atoms with Gasteiger partial charge in [-0.25, -0.2) is 0 Å². The highest BCUT2D eigenvalue weighted by atomic mass is 35.5. The summed E-state index contributed by atoms with van der Waals surface area (Å²) in [6.07, 6.45) is 3.46. The number of rotatable bonds is 8. The molecular weight excluding hydrogens is 471 g/mol. The molecule has 1 N–H and O–H groups in total. The van der Waals surface area contributed by atoms with Gasteiger partial charge in [0.1, 0.15) is 0 Å². The molecule has 0 unspecified atom stereocenters. The molecular formula is C21H22Cl2N6O2S. The number of morpholine rings is 1. The van der Waals surface area contributed by atoms with Gasteiger partial charge in [-0.1, -0.05) is 35.0 Å². The lowest BCUT2D eigenvalue weighted by molar-refractivity contribution is -0.113. The van der Waals surface area contributed by atoms with Crippen molar-refractivity contribution in [2.75, 3.05) is 43.9 Å². The molecule has 1 amide bonds. The van der Waals surface area contributed by atoms with Crippen molar-refractivity contribution in [2.24, 2.45) is 0 Å². The Morgan fingerprint density at radius 1 is 1.09 bits per heavy atom. The van der Waals surface area contributed by atoms with Gasteiger partial charge in [-0.05, 0) is 30.3 Å². The lowest BCUT2D eigenvalue weighted by Gasteiger charge is -2.27. The summed E-state index contributed by atoms with van der Waals surface area (Å²) in [5, 5.41) is 13.2. The molecule has 0 aliphatic carbocycles. The molecule has 4 rings (SSSR count). The summed E-state index contributed by atoms with van der Waals surface area (Å²) in [6.45, 7) is 4.84. The number of carbonyl (C=O) groups excluding carboxylic acids is 1. The number of hydrogen-bond acceptors (Lipinski definition) is 7. The Kier molecular flexibility index (Phi) is 7.99. The third-order valence-electron chi connectivity index (χ3n) is 4.93. The molecule has 1 fully saturated rings. The van der Waals surface area contributed by atoms with E-state index >= 15 is 0 Å². The van der Waals surface area contributed by atoms with E-state index < -0.39 is 0 Å². The topological polar surface area (TPSA) is 85.2 Å². The van der Waals surface area contributed by atoms with Crippen LogP contribution >= 0.6 is 35.0 Å². The van der Waals surface area contributed by atoms with Gasteiger partial charge in [-0.2, -0.15) is 0 Å². The van der Waals surface area contributed by atoms with Crippen LogP contribution in [0, 0.1) is 0 Å². The fourth-order valence-electron chi connectivity index (χ4n) is 3.29. The van der Waals surface area contributed by atoms with Crippen LogP contribution in [0.5, 0.6) is 0 Å². The number of ether oxygens (including phenoxy) is 1. The number of benzene rings is 1. The van der Waals surface area contributed by atoms with Crippen molar-refractivity contribution in [1.29, 1.82) is 0 Å². The minimum Gasteiger partial charge on any atom is -0.379 e. The number of carbonyl (C=O) groups is 1. The fourth-order valence-corrected chi connectivity index (χ4v) is 4.39. The van der Waals surface area contributed by atoms with Gasteiger partial charge in [0, 0.05) is 49.2 Å². The first-order valence-corrected chi connectivity index (χ1v) is 11.9. The highest BCUT2D eigenvalue weighted by molar-refractivity contribution is 7.99. The Bertz CT molecular complexity index is 1060. The Labute approximate surface area is 200 Å². The first kappa shape index (κ1) is 23.0. The smallest absolute Gasteiger partial charge is 0.234 e. The number of anilines is 1. The van der Waals surface area contributed by atoms with Crippen LogP contribution in [-0.2, 0) is 16.1 Å². The van der Waals surface area contributed by atoms with Crippen molar-refractivity contribution >= 4 is 46.6 Å². The summed E-state index contributed by atoms with van der Waals surface area (Å²) < 4.78 is 7.49. The molecule has 32 heavy (non-hydrogen) atoms. The third kappa shape index (κ3) is 5.99. The molecule has 11 heteroatoms. The molecule has 1 saturated heterocycles. The molecule has 0 saturated carbocycles. The van der Waals surface area contributed by atoms with Crippen molar-refractivity contribution in [1.82, 2.24) is 24.6 Å². The molecule has 8 nitrogen and oxygen atoms in total. The van der Waals surface area contributed by atoms with Crippen molar-refractivity contribution in [2.45, 2.75) is 11.7 Å². The van der Waals surface area contributed by atoms with Gasteiger partial charge < -0.3 is 14.6 Å². The highest BCUT2D eigenvalue weighted by Crippen LogP contribution is 2.27. The maximum absolute atomic E-state index is 12.5. The van der Waals surface area contributed by atoms with Crippen LogP contribution in [0.15, 0.2) is 47.9 Å². The molecule has 1 aliphatic heterocycles. The number of nitrogens with one attached hydrogen (secondary N) is 1. The number of aromatic nitrogens is 4. The van der Waals surface area contributed by atoms with Crippen LogP contribution in [0.2, 0.25) is 10.0 Å². The maximum Gasteiger partial charge on any atom is 0.234 e. The van der Waals surface area contributed by atoms with Gasteiger partial charge >= 0.3 is 0 Å². The van der Waals surface area contributed by atoms with Crippen molar-refractivity contribution in [3.63, 3.8) is 0 Å². The van der Waals surface area contributed by atoms with Gasteiger partial charge in [-0.3, -0.25) is 14.7 Å². The standard InChI is InChI=1S/C21H22Cl2N6O2S/c22-16-1-2-17(23)18(13-16)25-19(30)14-32-21-27-26-20(15-3-5-24-6-4-15)29(21)8-7-28-9-11-31-12-10-28/h1-6,13H,7-12,14H2,(H,25,30). The Morgan fingerprint density at radius 2 is 1.88 bits per heavy atom. The minimum atomic E-state index is -0.202. The summed E-state index contributed by atoms with van der Waals surface area (Å²) in [7, 11) is 0. The molecule has 0 atom stereocenters. The van der Waals surface area contributed by atoms with Gasteiger partial charge in [0.25, 0.3) is 0 Å². The van der Waals surface area contributed by atoms with Crippen LogP contribution < -0.4 is 5.32 Å². The van der Waals surface area contributed by atoms with Crippen LogP contribution in [0.1, 0.15) is 0 Å². The van der Waals surface area contributed by atoms with E-state index in [4.69, 9.17) is 27.9 Å². The molecule has 168 valence electrons. The van der Waals surface area contributed by atoms with E-state index in [2.05, 4.69) is 30.0 Å². The summed E-state index contributed by atoms with van der Waals surface area (Å²) in [6, 6.07) is 8.75. The molecule has 0 spiro atoms. The molecule has 2 aromatic heterocycles. The normalized spacial score (nSPS) is 14.4. The quantitative estimate of drug-likeness (QED) is 0.479. The molecule has 0 bridgehead atoms. The van der Waals surface area contributed by atoms with E-state index in [0.717, 1.165) is 44.2 Å². The summed E-state index contributed by atoms with van der Waals surface area (Å²) >= 11 is 13.5. The zero-order chi connectivity index (χ0) is 22.3.